The summed E-state index contributed by atoms with van der Waals surface area (Å²) in [6.07, 6.45) is 0.277. The summed E-state index contributed by atoms with van der Waals surface area (Å²) < 4.78 is 10.7. The van der Waals surface area contributed by atoms with Crippen LogP contribution < -0.4 is 15.0 Å². The number of rotatable bonds is 7. The average Bonchev–Trinajstić information content (AvgIpc) is 2.91. The summed E-state index contributed by atoms with van der Waals surface area (Å²) in [5, 5.41) is 3.38. The Hall–Kier alpha value is -2.67. The predicted molar refractivity (Wildman–Crippen MR) is 104 cm³/mol. The molecular weight excluding hydrogens is 344 g/mol. The molecule has 27 heavy (non-hydrogen) atoms. The van der Waals surface area contributed by atoms with E-state index in [1.54, 1.807) is 12.0 Å². The molecule has 0 radical (unpaired) electrons. The quantitative estimate of drug-likeness (QED) is 0.755. The number of carbonyl (C=O) groups is 1. The maximum Gasteiger partial charge on any atom is 0.320 e. The molecular formula is C20H26N4O3. The number of carbonyl (C=O) groups excluding carboxylic acids is 1. The van der Waals surface area contributed by atoms with E-state index < -0.39 is 0 Å². The first-order valence-corrected chi connectivity index (χ1v) is 9.02. The number of anilines is 2. The van der Waals surface area contributed by atoms with Crippen molar-refractivity contribution >= 4 is 17.5 Å². The van der Waals surface area contributed by atoms with Gasteiger partial charge in [-0.3, -0.25) is 9.69 Å². The fourth-order valence-electron chi connectivity index (χ4n) is 2.87. The minimum absolute atomic E-state index is 0.00848. The lowest BCUT2D eigenvalue weighted by Crippen LogP contribution is -2.28. The molecule has 1 aromatic heterocycles. The molecule has 1 aliphatic heterocycles. The van der Waals surface area contributed by atoms with Gasteiger partial charge in [0.1, 0.15) is 18.2 Å². The van der Waals surface area contributed by atoms with E-state index in [9.17, 15) is 4.79 Å². The minimum atomic E-state index is -0.207. The van der Waals surface area contributed by atoms with Gasteiger partial charge in [0, 0.05) is 18.2 Å². The van der Waals surface area contributed by atoms with Crippen molar-refractivity contribution in [1.29, 1.82) is 0 Å². The van der Waals surface area contributed by atoms with Crippen molar-refractivity contribution in [3.05, 3.63) is 41.5 Å². The fourth-order valence-corrected chi connectivity index (χ4v) is 2.87. The highest BCUT2D eigenvalue weighted by Crippen LogP contribution is 2.35. The number of amides is 1. The van der Waals surface area contributed by atoms with Crippen LogP contribution in [0.4, 0.5) is 11.6 Å². The second-order valence-corrected chi connectivity index (χ2v) is 7.52. The van der Waals surface area contributed by atoms with Crippen LogP contribution in [0.3, 0.4) is 0 Å². The second kappa shape index (κ2) is 7.92. The zero-order chi connectivity index (χ0) is 19.4. The summed E-state index contributed by atoms with van der Waals surface area (Å²) >= 11 is 0. The van der Waals surface area contributed by atoms with Crippen molar-refractivity contribution in [2.45, 2.75) is 39.3 Å². The lowest BCUT2D eigenvalue weighted by Gasteiger charge is -2.23. The van der Waals surface area contributed by atoms with Crippen molar-refractivity contribution in [2.24, 2.45) is 0 Å². The van der Waals surface area contributed by atoms with Crippen LogP contribution >= 0.6 is 0 Å². The number of benzene rings is 1. The number of methoxy groups -OCH3 is 1. The summed E-state index contributed by atoms with van der Waals surface area (Å²) in [5.41, 5.74) is 1.65. The summed E-state index contributed by atoms with van der Waals surface area (Å²) in [5.74, 6) is 1.26. The summed E-state index contributed by atoms with van der Waals surface area (Å²) in [4.78, 5) is 23.4. The number of fused-ring (bicyclic) bond motifs is 1. The molecule has 1 aliphatic rings. The highest BCUT2D eigenvalue weighted by atomic mass is 16.5. The SMILES string of the molecule is COCCOc1nc(NC(C)(C)C)c2c(n1)N(Cc1ccccc1)C(=O)C2. The molecule has 2 aromatic rings. The smallest absolute Gasteiger partial charge is 0.320 e. The predicted octanol–water partition coefficient (Wildman–Crippen LogP) is 2.80. The highest BCUT2D eigenvalue weighted by molar-refractivity contribution is 6.01. The van der Waals surface area contributed by atoms with Gasteiger partial charge in [-0.05, 0) is 26.3 Å². The van der Waals surface area contributed by atoms with Gasteiger partial charge < -0.3 is 14.8 Å². The molecule has 0 fully saturated rings. The molecule has 0 bridgehead atoms. The van der Waals surface area contributed by atoms with Gasteiger partial charge in [-0.1, -0.05) is 30.3 Å². The van der Waals surface area contributed by atoms with Crippen LogP contribution in [0.15, 0.2) is 30.3 Å². The van der Waals surface area contributed by atoms with E-state index >= 15 is 0 Å². The van der Waals surface area contributed by atoms with Crippen LogP contribution in [0.5, 0.6) is 6.01 Å². The van der Waals surface area contributed by atoms with Gasteiger partial charge in [-0.25, -0.2) is 0 Å². The molecule has 0 atom stereocenters. The molecule has 144 valence electrons. The number of hydrogen-bond donors (Lipinski definition) is 1. The topological polar surface area (TPSA) is 76.6 Å². The monoisotopic (exact) mass is 370 g/mol. The standard InChI is InChI=1S/C20H26N4O3/c1-20(2,3)23-17-15-12-16(25)24(13-14-8-6-5-7-9-14)18(15)22-19(21-17)27-11-10-26-4/h5-9H,10-13H2,1-4H3,(H,21,22,23). The highest BCUT2D eigenvalue weighted by Gasteiger charge is 2.33. The Kier molecular flexibility index (Phi) is 5.60. The van der Waals surface area contributed by atoms with Gasteiger partial charge in [0.15, 0.2) is 0 Å². The van der Waals surface area contributed by atoms with Crippen molar-refractivity contribution in [3.63, 3.8) is 0 Å². The van der Waals surface area contributed by atoms with Gasteiger partial charge in [-0.15, -0.1) is 0 Å². The number of nitrogens with one attached hydrogen (secondary N) is 1. The van der Waals surface area contributed by atoms with Crippen molar-refractivity contribution < 1.29 is 14.3 Å². The van der Waals surface area contributed by atoms with Crippen molar-refractivity contribution in [3.8, 4) is 6.01 Å². The molecule has 1 aromatic carbocycles. The zero-order valence-electron chi connectivity index (χ0n) is 16.3. The molecule has 7 heteroatoms. The van der Waals surface area contributed by atoms with Gasteiger partial charge in [0.2, 0.25) is 5.91 Å². The summed E-state index contributed by atoms with van der Waals surface area (Å²) in [6, 6.07) is 10.1. The number of nitrogens with zero attached hydrogens (tertiary/aromatic N) is 3. The van der Waals surface area contributed by atoms with Crippen LogP contribution in [-0.2, 0) is 22.5 Å². The number of aromatic nitrogens is 2. The molecule has 3 rings (SSSR count). The van der Waals surface area contributed by atoms with Gasteiger partial charge in [-0.2, -0.15) is 9.97 Å². The van der Waals surface area contributed by atoms with E-state index in [1.165, 1.54) is 0 Å². The van der Waals surface area contributed by atoms with Crippen LogP contribution in [-0.4, -0.2) is 41.7 Å². The van der Waals surface area contributed by atoms with Gasteiger partial charge >= 0.3 is 6.01 Å². The third-order valence-corrected chi connectivity index (χ3v) is 4.05. The zero-order valence-corrected chi connectivity index (χ0v) is 16.3. The molecule has 0 unspecified atom stereocenters. The Labute approximate surface area is 159 Å². The van der Waals surface area contributed by atoms with Crippen LogP contribution in [0, 0.1) is 0 Å². The maximum atomic E-state index is 12.7. The van der Waals surface area contributed by atoms with E-state index in [1.807, 2.05) is 51.1 Å². The van der Waals surface area contributed by atoms with E-state index in [0.717, 1.165) is 11.1 Å². The minimum Gasteiger partial charge on any atom is -0.461 e. The lowest BCUT2D eigenvalue weighted by molar-refractivity contribution is -0.117. The van der Waals surface area contributed by atoms with Crippen molar-refractivity contribution in [2.75, 3.05) is 30.5 Å². The Morgan fingerprint density at radius 2 is 1.89 bits per heavy atom. The molecule has 0 saturated carbocycles. The Balaban J connectivity index is 1.95. The molecule has 0 saturated heterocycles. The van der Waals surface area contributed by atoms with Gasteiger partial charge in [0.05, 0.1) is 19.6 Å². The molecule has 1 amide bonds. The second-order valence-electron chi connectivity index (χ2n) is 7.52. The van der Waals surface area contributed by atoms with E-state index in [0.29, 0.717) is 31.4 Å². The lowest BCUT2D eigenvalue weighted by atomic mass is 10.1. The Bertz CT molecular complexity index is 803. The first-order chi connectivity index (χ1) is 12.9. The fraction of sp³-hybridized carbons (Fsp3) is 0.450. The number of hydrogen-bond acceptors (Lipinski definition) is 6. The molecule has 1 N–H and O–H groups in total. The Morgan fingerprint density at radius 1 is 1.15 bits per heavy atom. The number of ether oxygens (including phenoxy) is 2. The molecule has 2 heterocycles. The van der Waals surface area contributed by atoms with Gasteiger partial charge in [0.25, 0.3) is 0 Å². The van der Waals surface area contributed by atoms with Crippen LogP contribution in [0.1, 0.15) is 31.9 Å². The van der Waals surface area contributed by atoms with E-state index in [-0.39, 0.29) is 23.9 Å². The summed E-state index contributed by atoms with van der Waals surface area (Å²) in [7, 11) is 1.61. The van der Waals surface area contributed by atoms with E-state index in [2.05, 4.69) is 15.3 Å². The molecule has 0 spiro atoms. The van der Waals surface area contributed by atoms with Crippen LogP contribution in [0.25, 0.3) is 0 Å². The normalized spacial score (nSPS) is 13.6. The summed E-state index contributed by atoms with van der Waals surface area (Å²) in [6.45, 7) is 7.39. The van der Waals surface area contributed by atoms with Crippen LogP contribution in [0.2, 0.25) is 0 Å². The third kappa shape index (κ3) is 4.74. The van der Waals surface area contributed by atoms with E-state index in [4.69, 9.17) is 9.47 Å². The third-order valence-electron chi connectivity index (χ3n) is 4.05. The Morgan fingerprint density at radius 3 is 2.56 bits per heavy atom. The average molecular weight is 370 g/mol. The van der Waals surface area contributed by atoms with Crippen molar-refractivity contribution in [1.82, 2.24) is 9.97 Å². The molecule has 0 aliphatic carbocycles. The largest absolute Gasteiger partial charge is 0.461 e. The first kappa shape index (κ1) is 19.1. The maximum absolute atomic E-state index is 12.7. The first-order valence-electron chi connectivity index (χ1n) is 9.02. The molecule has 7 nitrogen and oxygen atoms in total.